The summed E-state index contributed by atoms with van der Waals surface area (Å²) in [4.78, 5) is 17.2. The van der Waals surface area contributed by atoms with Crippen molar-refractivity contribution in [1.82, 2.24) is 4.98 Å². The highest BCUT2D eigenvalue weighted by Gasteiger charge is 2.30. The summed E-state index contributed by atoms with van der Waals surface area (Å²) >= 11 is 0. The van der Waals surface area contributed by atoms with Crippen molar-refractivity contribution in [2.45, 2.75) is 13.8 Å². The second-order valence-electron chi connectivity index (χ2n) is 5.17. The summed E-state index contributed by atoms with van der Waals surface area (Å²) in [7, 11) is 1.79. The molecule has 0 saturated heterocycles. The molecule has 3 N–H and O–H groups in total. The van der Waals surface area contributed by atoms with Gasteiger partial charge in [0.05, 0.1) is 11.1 Å². The fourth-order valence-electron chi connectivity index (χ4n) is 1.98. The highest BCUT2D eigenvalue weighted by Crippen LogP contribution is 2.28. The fraction of sp³-hybridized carbons (Fsp3) is 0.357. The zero-order chi connectivity index (χ0) is 13.3. The lowest BCUT2D eigenvalue weighted by Gasteiger charge is -2.27. The average Bonchev–Trinajstić information content (AvgIpc) is 2.80. The number of carbonyl (C=O) groups excluding carboxylic acids is 1. The third kappa shape index (κ3) is 1.99. The maximum atomic E-state index is 12.4. The van der Waals surface area contributed by atoms with Crippen LogP contribution in [0.5, 0.6) is 0 Å². The number of nitrogens with zero attached hydrogens (tertiary/aromatic N) is 1. The molecule has 1 heterocycles. The minimum atomic E-state index is -0.548. The van der Waals surface area contributed by atoms with Crippen molar-refractivity contribution in [3.8, 4) is 0 Å². The smallest absolute Gasteiger partial charge is 0.233 e. The van der Waals surface area contributed by atoms with Gasteiger partial charge >= 0.3 is 0 Å². The number of amides is 1. The first kappa shape index (κ1) is 12.6. The number of hydrogen-bond acceptors (Lipinski definition) is 2. The normalized spacial score (nSPS) is 11.8. The van der Waals surface area contributed by atoms with E-state index in [0.29, 0.717) is 6.54 Å². The van der Waals surface area contributed by atoms with Crippen molar-refractivity contribution in [2.24, 2.45) is 11.1 Å². The molecule has 0 aliphatic rings. The first-order valence-electron chi connectivity index (χ1n) is 6.02. The average molecular weight is 245 g/mol. The Balaban J connectivity index is 2.40. The van der Waals surface area contributed by atoms with Crippen LogP contribution in [0.1, 0.15) is 13.8 Å². The van der Waals surface area contributed by atoms with Crippen molar-refractivity contribution in [3.63, 3.8) is 0 Å². The lowest BCUT2D eigenvalue weighted by Crippen LogP contribution is -2.42. The van der Waals surface area contributed by atoms with E-state index in [1.807, 2.05) is 44.3 Å². The molecule has 1 amide bonds. The van der Waals surface area contributed by atoms with Crippen LogP contribution in [0.4, 0.5) is 5.69 Å². The van der Waals surface area contributed by atoms with Crippen LogP contribution in [0.25, 0.3) is 10.9 Å². The van der Waals surface area contributed by atoms with E-state index in [1.165, 1.54) is 0 Å². The molecule has 4 nitrogen and oxygen atoms in total. The molecule has 2 aromatic rings. The molecule has 0 bridgehead atoms. The summed E-state index contributed by atoms with van der Waals surface area (Å²) in [6.07, 6.45) is 1.86. The topological polar surface area (TPSA) is 62.1 Å². The van der Waals surface area contributed by atoms with Crippen molar-refractivity contribution in [2.75, 3.05) is 18.5 Å². The van der Waals surface area contributed by atoms with Crippen LogP contribution in [-0.2, 0) is 4.79 Å². The lowest BCUT2D eigenvalue weighted by atomic mass is 9.92. The minimum Gasteiger partial charge on any atom is -0.359 e. The van der Waals surface area contributed by atoms with Gasteiger partial charge in [0.2, 0.25) is 5.91 Å². The SMILES string of the molecule is CN(C(=O)C(C)(C)CN)c1c[nH]c2ccccc12. The molecule has 1 aromatic heterocycles. The predicted octanol–water partition coefficient (Wildman–Crippen LogP) is 2.12. The number of nitrogens with one attached hydrogen (secondary N) is 1. The molecule has 18 heavy (non-hydrogen) atoms. The molecular weight excluding hydrogens is 226 g/mol. The number of rotatable bonds is 3. The minimum absolute atomic E-state index is 0.0229. The molecule has 1 aromatic carbocycles. The van der Waals surface area contributed by atoms with Gasteiger partial charge in [-0.3, -0.25) is 4.79 Å². The van der Waals surface area contributed by atoms with Gasteiger partial charge < -0.3 is 15.6 Å². The van der Waals surface area contributed by atoms with Gasteiger partial charge in [0.25, 0.3) is 0 Å². The predicted molar refractivity (Wildman–Crippen MR) is 74.5 cm³/mol. The Morgan fingerprint density at radius 3 is 2.72 bits per heavy atom. The van der Waals surface area contributed by atoms with Crippen molar-refractivity contribution < 1.29 is 4.79 Å². The quantitative estimate of drug-likeness (QED) is 0.870. The van der Waals surface area contributed by atoms with Crippen LogP contribution in [0.3, 0.4) is 0 Å². The van der Waals surface area contributed by atoms with E-state index in [0.717, 1.165) is 16.6 Å². The number of nitrogens with two attached hydrogens (primary N) is 1. The highest BCUT2D eigenvalue weighted by molar-refractivity contribution is 6.04. The van der Waals surface area contributed by atoms with Crippen LogP contribution in [0.2, 0.25) is 0 Å². The number of hydrogen-bond donors (Lipinski definition) is 2. The van der Waals surface area contributed by atoms with E-state index in [-0.39, 0.29) is 5.91 Å². The molecule has 0 spiro atoms. The van der Waals surface area contributed by atoms with Crippen molar-refractivity contribution in [1.29, 1.82) is 0 Å². The van der Waals surface area contributed by atoms with Gasteiger partial charge in [0, 0.05) is 30.7 Å². The second-order valence-corrected chi connectivity index (χ2v) is 5.17. The van der Waals surface area contributed by atoms with E-state index in [1.54, 1.807) is 11.9 Å². The van der Waals surface area contributed by atoms with Crippen LogP contribution in [0, 0.1) is 5.41 Å². The highest BCUT2D eigenvalue weighted by atomic mass is 16.2. The van der Waals surface area contributed by atoms with Crippen LogP contribution < -0.4 is 10.6 Å². The third-order valence-corrected chi connectivity index (χ3v) is 3.32. The number of aromatic amines is 1. The van der Waals surface area contributed by atoms with Crippen LogP contribution in [-0.4, -0.2) is 24.5 Å². The Morgan fingerprint density at radius 1 is 1.39 bits per heavy atom. The Morgan fingerprint density at radius 2 is 2.06 bits per heavy atom. The number of para-hydroxylation sites is 1. The molecule has 0 aliphatic heterocycles. The second kappa shape index (κ2) is 4.46. The molecule has 0 aliphatic carbocycles. The Labute approximate surface area is 107 Å². The van der Waals surface area contributed by atoms with E-state index < -0.39 is 5.41 Å². The van der Waals surface area contributed by atoms with Gasteiger partial charge in [0.15, 0.2) is 0 Å². The molecular formula is C14H19N3O. The maximum absolute atomic E-state index is 12.4. The lowest BCUT2D eigenvalue weighted by molar-refractivity contribution is -0.125. The summed E-state index contributed by atoms with van der Waals surface area (Å²) in [5, 5.41) is 1.04. The number of anilines is 1. The van der Waals surface area contributed by atoms with E-state index in [4.69, 9.17) is 5.73 Å². The van der Waals surface area contributed by atoms with E-state index in [2.05, 4.69) is 4.98 Å². The van der Waals surface area contributed by atoms with E-state index >= 15 is 0 Å². The number of fused-ring (bicyclic) bond motifs is 1. The van der Waals surface area contributed by atoms with Crippen LogP contribution in [0.15, 0.2) is 30.5 Å². The van der Waals surface area contributed by atoms with Crippen molar-refractivity contribution >= 4 is 22.5 Å². The van der Waals surface area contributed by atoms with E-state index in [9.17, 15) is 4.79 Å². The molecule has 0 unspecified atom stereocenters. The number of H-pyrrole nitrogens is 1. The first-order chi connectivity index (χ1) is 8.47. The van der Waals surface area contributed by atoms with Crippen LogP contribution >= 0.6 is 0 Å². The molecule has 4 heteroatoms. The standard InChI is InChI=1S/C14H19N3O/c1-14(2,9-15)13(18)17(3)12-8-16-11-7-5-4-6-10(11)12/h4-8,16H,9,15H2,1-3H3. The van der Waals surface area contributed by atoms with Gasteiger partial charge in [-0.1, -0.05) is 18.2 Å². The largest absolute Gasteiger partial charge is 0.359 e. The zero-order valence-corrected chi connectivity index (χ0v) is 11.0. The number of carbonyl (C=O) groups is 1. The summed E-state index contributed by atoms with van der Waals surface area (Å²) in [6.45, 7) is 4.06. The number of aromatic nitrogens is 1. The first-order valence-corrected chi connectivity index (χ1v) is 6.02. The summed E-state index contributed by atoms with van der Waals surface area (Å²) in [5.41, 5.74) is 7.02. The Bertz CT molecular complexity index is 571. The van der Waals surface area contributed by atoms with Crippen molar-refractivity contribution in [3.05, 3.63) is 30.5 Å². The van der Waals surface area contributed by atoms with Gasteiger partial charge in [-0.05, 0) is 19.9 Å². The van der Waals surface area contributed by atoms with Gasteiger partial charge in [0.1, 0.15) is 0 Å². The maximum Gasteiger partial charge on any atom is 0.233 e. The Kier molecular flexibility index (Phi) is 3.13. The summed E-state index contributed by atoms with van der Waals surface area (Å²) < 4.78 is 0. The molecule has 96 valence electrons. The van der Waals surface area contributed by atoms with Gasteiger partial charge in [-0.15, -0.1) is 0 Å². The molecule has 0 atom stereocenters. The molecule has 0 radical (unpaired) electrons. The molecule has 0 fully saturated rings. The third-order valence-electron chi connectivity index (χ3n) is 3.32. The molecule has 2 rings (SSSR count). The number of benzene rings is 1. The zero-order valence-electron chi connectivity index (χ0n) is 11.0. The van der Waals surface area contributed by atoms with Gasteiger partial charge in [-0.25, -0.2) is 0 Å². The summed E-state index contributed by atoms with van der Waals surface area (Å²) in [5.74, 6) is 0.0229. The Hall–Kier alpha value is -1.81. The van der Waals surface area contributed by atoms with Gasteiger partial charge in [-0.2, -0.15) is 0 Å². The fourth-order valence-corrected chi connectivity index (χ4v) is 1.98. The summed E-state index contributed by atoms with van der Waals surface area (Å²) in [6, 6.07) is 7.92. The monoisotopic (exact) mass is 245 g/mol. The molecule has 0 saturated carbocycles.